The van der Waals surface area contributed by atoms with E-state index in [1.54, 1.807) is 6.92 Å². The molecule has 1 fully saturated rings. The van der Waals surface area contributed by atoms with Gasteiger partial charge in [-0.3, -0.25) is 9.69 Å². The largest absolute Gasteiger partial charge is 0.474 e. The second kappa shape index (κ2) is 7.71. The lowest BCUT2D eigenvalue weighted by atomic mass is 10.1. The second-order valence-electron chi connectivity index (χ2n) is 5.32. The van der Waals surface area contributed by atoms with Crippen molar-refractivity contribution in [3.8, 4) is 5.75 Å². The molecule has 1 saturated heterocycles. The van der Waals surface area contributed by atoms with E-state index in [9.17, 15) is 19.7 Å². The molecule has 1 aromatic rings. The highest BCUT2D eigenvalue weighted by Crippen LogP contribution is 2.31. The maximum absolute atomic E-state index is 12.0. The number of hydrogen-bond donors (Lipinski definition) is 0. The van der Waals surface area contributed by atoms with Crippen LogP contribution in [0.15, 0.2) is 12.1 Å². The van der Waals surface area contributed by atoms with E-state index in [0.717, 1.165) is 6.42 Å². The molecule has 1 aliphatic rings. The number of nitrogens with zero attached hydrogens (tertiary/aromatic N) is 3. The minimum Gasteiger partial charge on any atom is -0.474 e. The van der Waals surface area contributed by atoms with E-state index in [2.05, 4.69) is 4.98 Å². The molecule has 1 aromatic heterocycles. The molecular weight excluding hydrogens is 318 g/mol. The number of ether oxygens (including phenoxy) is 2. The van der Waals surface area contributed by atoms with Crippen LogP contribution in [0, 0.1) is 16.0 Å². The van der Waals surface area contributed by atoms with Gasteiger partial charge in [-0.15, -0.1) is 0 Å². The van der Waals surface area contributed by atoms with Crippen LogP contribution in [0.5, 0.6) is 5.75 Å². The fraction of sp³-hybridized carbons (Fsp3) is 0.533. The smallest absolute Gasteiger partial charge is 0.408 e. The zero-order valence-corrected chi connectivity index (χ0v) is 13.6. The van der Waals surface area contributed by atoms with Gasteiger partial charge in [-0.05, 0) is 28.8 Å². The summed E-state index contributed by atoms with van der Waals surface area (Å²) in [6, 6.07) is 2.82. The molecule has 0 unspecified atom stereocenters. The molecular formula is C15H19N3O6. The van der Waals surface area contributed by atoms with Crippen molar-refractivity contribution in [3.05, 3.63) is 22.2 Å². The summed E-state index contributed by atoms with van der Waals surface area (Å²) in [6.07, 6.45) is 1.26. The van der Waals surface area contributed by atoms with Crippen molar-refractivity contribution < 1.29 is 24.0 Å². The number of carbonyl (C=O) groups excluding carboxylic acids is 2. The topological polar surface area (TPSA) is 112 Å². The third-order valence-electron chi connectivity index (χ3n) is 3.71. The van der Waals surface area contributed by atoms with Crippen LogP contribution in [0.1, 0.15) is 26.7 Å². The van der Waals surface area contributed by atoms with Gasteiger partial charge in [0.2, 0.25) is 11.7 Å². The highest BCUT2D eigenvalue weighted by atomic mass is 16.6. The van der Waals surface area contributed by atoms with Gasteiger partial charge in [0.15, 0.2) is 6.61 Å². The van der Waals surface area contributed by atoms with Crippen molar-refractivity contribution in [1.82, 2.24) is 4.98 Å². The first kappa shape index (κ1) is 17.6. The minimum absolute atomic E-state index is 0.108. The van der Waals surface area contributed by atoms with Crippen molar-refractivity contribution in [2.24, 2.45) is 5.92 Å². The summed E-state index contributed by atoms with van der Waals surface area (Å²) in [5.41, 5.74) is 0. The zero-order chi connectivity index (χ0) is 17.7. The lowest BCUT2D eigenvalue weighted by Crippen LogP contribution is -2.25. The number of rotatable bonds is 7. The average Bonchev–Trinajstić information content (AvgIpc) is 2.94. The fourth-order valence-electron chi connectivity index (χ4n) is 2.44. The van der Waals surface area contributed by atoms with Gasteiger partial charge >= 0.3 is 11.8 Å². The summed E-state index contributed by atoms with van der Waals surface area (Å²) in [5, 5.41) is 11.2. The maximum Gasteiger partial charge on any atom is 0.408 e. The van der Waals surface area contributed by atoms with E-state index in [4.69, 9.17) is 9.47 Å². The molecule has 1 aliphatic heterocycles. The van der Waals surface area contributed by atoms with Crippen molar-refractivity contribution in [3.63, 3.8) is 0 Å². The quantitative estimate of drug-likeness (QED) is 0.423. The first-order valence-electron chi connectivity index (χ1n) is 7.70. The SMILES string of the molecule is CCOC(=O)COc1ccc(N2C[C@H](CC)CC2=O)nc1[N+](=O)[O-]. The number of esters is 1. The van der Waals surface area contributed by atoms with Crippen LogP contribution in [-0.4, -0.2) is 41.5 Å². The number of aromatic nitrogens is 1. The van der Waals surface area contributed by atoms with E-state index in [-0.39, 0.29) is 30.0 Å². The summed E-state index contributed by atoms with van der Waals surface area (Å²) in [7, 11) is 0. The molecule has 0 aromatic carbocycles. The Labute approximate surface area is 138 Å². The van der Waals surface area contributed by atoms with Gasteiger partial charge in [0, 0.05) is 19.0 Å². The van der Waals surface area contributed by atoms with E-state index in [1.165, 1.54) is 17.0 Å². The summed E-state index contributed by atoms with van der Waals surface area (Å²) in [5.74, 6) is -0.982. The van der Waals surface area contributed by atoms with Crippen LogP contribution in [0.2, 0.25) is 0 Å². The molecule has 0 bridgehead atoms. The zero-order valence-electron chi connectivity index (χ0n) is 13.6. The van der Waals surface area contributed by atoms with Gasteiger partial charge in [-0.2, -0.15) is 0 Å². The van der Waals surface area contributed by atoms with Crippen molar-refractivity contribution in [2.45, 2.75) is 26.7 Å². The van der Waals surface area contributed by atoms with Gasteiger partial charge < -0.3 is 19.6 Å². The van der Waals surface area contributed by atoms with Crippen LogP contribution >= 0.6 is 0 Å². The van der Waals surface area contributed by atoms with Crippen LogP contribution in [0.4, 0.5) is 11.6 Å². The maximum atomic E-state index is 12.0. The Kier molecular flexibility index (Phi) is 5.67. The van der Waals surface area contributed by atoms with Gasteiger partial charge in [-0.1, -0.05) is 13.3 Å². The fourth-order valence-corrected chi connectivity index (χ4v) is 2.44. The number of hydrogen-bond acceptors (Lipinski definition) is 7. The summed E-state index contributed by atoms with van der Waals surface area (Å²) < 4.78 is 9.82. The average molecular weight is 337 g/mol. The molecule has 0 saturated carbocycles. The summed E-state index contributed by atoms with van der Waals surface area (Å²) in [6.45, 7) is 3.87. The Balaban J connectivity index is 2.19. The number of carbonyl (C=O) groups is 2. The number of nitro groups is 1. The van der Waals surface area contributed by atoms with Gasteiger partial charge in [0.1, 0.15) is 0 Å². The third kappa shape index (κ3) is 3.98. The Bertz CT molecular complexity index is 648. The highest BCUT2D eigenvalue weighted by Gasteiger charge is 2.33. The lowest BCUT2D eigenvalue weighted by molar-refractivity contribution is -0.390. The van der Waals surface area contributed by atoms with E-state index < -0.39 is 23.3 Å². The molecule has 0 radical (unpaired) electrons. The van der Waals surface area contributed by atoms with E-state index in [1.807, 2.05) is 6.92 Å². The van der Waals surface area contributed by atoms with Crippen LogP contribution in [-0.2, 0) is 14.3 Å². The Morgan fingerprint density at radius 2 is 2.21 bits per heavy atom. The predicted octanol–water partition coefficient (Wildman–Crippen LogP) is 1.69. The van der Waals surface area contributed by atoms with Gasteiger partial charge in [-0.25, -0.2) is 4.79 Å². The summed E-state index contributed by atoms with van der Waals surface area (Å²) in [4.78, 5) is 39.2. The minimum atomic E-state index is -0.707. The lowest BCUT2D eigenvalue weighted by Gasteiger charge is -2.13. The molecule has 130 valence electrons. The Morgan fingerprint density at radius 3 is 2.79 bits per heavy atom. The molecule has 24 heavy (non-hydrogen) atoms. The number of pyridine rings is 1. The molecule has 0 spiro atoms. The van der Waals surface area contributed by atoms with Gasteiger partial charge in [0.05, 0.1) is 6.61 Å². The Morgan fingerprint density at radius 1 is 1.46 bits per heavy atom. The van der Waals surface area contributed by atoms with Crippen molar-refractivity contribution in [1.29, 1.82) is 0 Å². The van der Waals surface area contributed by atoms with Crippen LogP contribution in [0.25, 0.3) is 0 Å². The molecule has 2 rings (SSSR count). The molecule has 2 heterocycles. The standard InChI is InChI=1S/C15H19N3O6/c1-3-10-7-13(19)17(8-10)12-6-5-11(15(16-12)18(21)22)24-9-14(20)23-4-2/h5-6,10H,3-4,7-9H2,1-2H3/t10-/m1/s1. The predicted molar refractivity (Wildman–Crippen MR) is 83.8 cm³/mol. The second-order valence-corrected chi connectivity index (χ2v) is 5.32. The third-order valence-corrected chi connectivity index (χ3v) is 3.71. The number of amides is 1. The first-order valence-corrected chi connectivity index (χ1v) is 7.70. The van der Waals surface area contributed by atoms with Crippen molar-refractivity contribution in [2.75, 3.05) is 24.7 Å². The normalized spacial score (nSPS) is 17.0. The molecule has 9 nitrogen and oxygen atoms in total. The number of anilines is 1. The molecule has 9 heteroatoms. The highest BCUT2D eigenvalue weighted by molar-refractivity contribution is 5.95. The summed E-state index contributed by atoms with van der Waals surface area (Å²) >= 11 is 0. The first-order chi connectivity index (χ1) is 11.5. The molecule has 1 atom stereocenters. The van der Waals surface area contributed by atoms with Gasteiger partial charge in [0.25, 0.3) is 5.82 Å². The molecule has 1 amide bonds. The van der Waals surface area contributed by atoms with Crippen LogP contribution < -0.4 is 9.64 Å². The van der Waals surface area contributed by atoms with Crippen molar-refractivity contribution >= 4 is 23.5 Å². The monoisotopic (exact) mass is 337 g/mol. The molecule has 0 N–H and O–H groups in total. The van der Waals surface area contributed by atoms with E-state index in [0.29, 0.717) is 13.0 Å². The Hall–Kier alpha value is -2.71. The van der Waals surface area contributed by atoms with Crippen LogP contribution in [0.3, 0.4) is 0 Å². The van der Waals surface area contributed by atoms with E-state index >= 15 is 0 Å². The molecule has 0 aliphatic carbocycles.